The van der Waals surface area contributed by atoms with E-state index < -0.39 is 0 Å². The number of benzene rings is 1. The van der Waals surface area contributed by atoms with Crippen molar-refractivity contribution in [3.8, 4) is 0 Å². The smallest absolute Gasteiger partial charge is 0.251 e. The zero-order valence-electron chi connectivity index (χ0n) is 34.8. The molecule has 2 N–H and O–H groups in total. The second-order valence-electron chi connectivity index (χ2n) is 16.8. The number of amides is 1. The van der Waals surface area contributed by atoms with E-state index in [1.54, 1.807) is 30.1 Å². The summed E-state index contributed by atoms with van der Waals surface area (Å²) in [6, 6.07) is 13.0. The fraction of sp³-hybridized carbons (Fsp3) is 0.652. The lowest BCUT2D eigenvalue weighted by Gasteiger charge is -2.47. The van der Waals surface area contributed by atoms with Crippen LogP contribution in [-0.2, 0) is 17.6 Å². The SMILES string of the molecule is CC.O=C(Cc1ccnc(CCCN2CCCCC2)n1)C12CC3CCC(CC(C3)C1)C2.O=C(NCCNc1ccnc(SCN2CCCCC2)n1)c1ccccc1.[HH].[HH]. The van der Waals surface area contributed by atoms with Gasteiger partial charge in [-0.25, -0.2) is 19.9 Å². The number of carbonyl (C=O) groups excluding carboxylic acids is 2. The Hall–Kier alpha value is -3.41. The van der Waals surface area contributed by atoms with Crippen molar-refractivity contribution in [3.05, 3.63) is 71.9 Å². The van der Waals surface area contributed by atoms with Crippen molar-refractivity contribution in [3.63, 3.8) is 0 Å². The van der Waals surface area contributed by atoms with Crippen molar-refractivity contribution in [1.29, 1.82) is 0 Å². The van der Waals surface area contributed by atoms with Crippen LogP contribution in [0.5, 0.6) is 0 Å². The van der Waals surface area contributed by atoms with Gasteiger partial charge in [0.1, 0.15) is 17.4 Å². The number of hydrogen-bond acceptors (Lipinski definition) is 10. The van der Waals surface area contributed by atoms with Gasteiger partial charge in [-0.2, -0.15) is 0 Å². The van der Waals surface area contributed by atoms with E-state index in [2.05, 4.69) is 35.4 Å². The summed E-state index contributed by atoms with van der Waals surface area (Å²) in [6.07, 6.45) is 23.2. The number of carbonyl (C=O) groups is 2. The van der Waals surface area contributed by atoms with Crippen molar-refractivity contribution < 1.29 is 12.4 Å². The Balaban J connectivity index is 0.000000244. The minimum absolute atomic E-state index is 0. The molecule has 3 aromatic rings. The van der Waals surface area contributed by atoms with E-state index in [0.29, 0.717) is 30.9 Å². The molecule has 11 heteroatoms. The fourth-order valence-corrected chi connectivity index (χ4v) is 10.8. The lowest BCUT2D eigenvalue weighted by Crippen LogP contribution is -2.44. The zero-order valence-corrected chi connectivity index (χ0v) is 35.6. The number of ketones is 1. The Labute approximate surface area is 349 Å². The quantitative estimate of drug-likeness (QED) is 0.0877. The largest absolute Gasteiger partial charge is 0.368 e. The van der Waals surface area contributed by atoms with Crippen LogP contribution < -0.4 is 10.6 Å². The highest BCUT2D eigenvalue weighted by Gasteiger charge is 2.51. The summed E-state index contributed by atoms with van der Waals surface area (Å²) in [5.41, 5.74) is 1.60. The maximum atomic E-state index is 13.5. The molecule has 0 radical (unpaired) electrons. The first-order chi connectivity index (χ1) is 28.0. The molecule has 2 aliphatic heterocycles. The van der Waals surface area contributed by atoms with Crippen LogP contribution in [-0.4, -0.2) is 93.1 Å². The molecule has 6 aliphatic rings. The Bertz CT molecular complexity index is 1660. The first kappa shape index (κ1) is 43.2. The molecule has 1 aromatic carbocycles. The normalized spacial score (nSPS) is 24.3. The van der Waals surface area contributed by atoms with Gasteiger partial charge in [-0.3, -0.25) is 14.5 Å². The summed E-state index contributed by atoms with van der Waals surface area (Å²) in [7, 11) is 0. The third-order valence-electron chi connectivity index (χ3n) is 12.6. The van der Waals surface area contributed by atoms with Gasteiger partial charge >= 0.3 is 0 Å². The highest BCUT2D eigenvalue weighted by atomic mass is 32.2. The van der Waals surface area contributed by atoms with Crippen LogP contribution in [0.4, 0.5) is 5.82 Å². The Morgan fingerprint density at radius 3 is 2.18 bits per heavy atom. The van der Waals surface area contributed by atoms with Crippen molar-refractivity contribution in [2.75, 3.05) is 57.0 Å². The standard InChI is InChI=1S/C25H37N3O.C19H25N5OS.C2H6.2H2/c29-23(25-16-19-6-7-20(17-25)14-21(13-19)18-25)15-22-8-9-26-24(27-22)5-4-12-28-10-2-1-3-11-28;25-18(16-7-3-1-4-8-16)21-12-11-20-17-9-10-22-19(23-17)26-15-24-13-5-2-6-14-24;1-2;;/h8-9,19-21H,1-7,10-18H2;1,3-4,7-10H,2,5-6,11-15H2,(H,21,25)(H,20,22,23);1-2H3;2*1H. The maximum absolute atomic E-state index is 13.5. The van der Waals surface area contributed by atoms with Gasteiger partial charge in [0.2, 0.25) is 0 Å². The predicted octanol–water partition coefficient (Wildman–Crippen LogP) is 8.99. The number of aryl methyl sites for hydroxylation is 1. The summed E-state index contributed by atoms with van der Waals surface area (Å²) in [5, 5.41) is 6.92. The number of piperidine rings is 2. The summed E-state index contributed by atoms with van der Waals surface area (Å²) in [6.45, 7) is 11.2. The lowest BCUT2D eigenvalue weighted by molar-refractivity contribution is -0.135. The van der Waals surface area contributed by atoms with Gasteiger partial charge in [-0.1, -0.05) is 69.5 Å². The number of thioether (sulfide) groups is 1. The van der Waals surface area contributed by atoms with Crippen molar-refractivity contribution >= 4 is 29.3 Å². The monoisotopic (exact) mass is 801 g/mol. The molecule has 1 amide bonds. The Morgan fingerprint density at radius 1 is 0.789 bits per heavy atom. The number of nitrogens with one attached hydrogen (secondary N) is 2. The molecular formula is C46H72N8O2S. The molecule has 4 bridgehead atoms. The van der Waals surface area contributed by atoms with Crippen LogP contribution in [0.2, 0.25) is 0 Å². The average Bonchev–Trinajstić information content (AvgIpc) is 3.48. The molecule has 10 nitrogen and oxygen atoms in total. The first-order valence-corrected chi connectivity index (χ1v) is 23.3. The van der Waals surface area contributed by atoms with E-state index in [4.69, 9.17) is 4.98 Å². The molecule has 314 valence electrons. The number of likely N-dealkylation sites (tertiary alicyclic amines) is 2. The van der Waals surface area contributed by atoms with Gasteiger partial charge in [0, 0.05) is 52.2 Å². The molecule has 2 aromatic heterocycles. The molecule has 4 saturated carbocycles. The summed E-state index contributed by atoms with van der Waals surface area (Å²) >= 11 is 1.68. The molecule has 4 heterocycles. The van der Waals surface area contributed by atoms with Gasteiger partial charge in [0.25, 0.3) is 5.91 Å². The van der Waals surface area contributed by atoms with E-state index in [1.165, 1.54) is 90.4 Å². The molecule has 2 saturated heterocycles. The number of anilines is 1. The maximum Gasteiger partial charge on any atom is 0.251 e. The van der Waals surface area contributed by atoms with E-state index >= 15 is 0 Å². The van der Waals surface area contributed by atoms with Crippen molar-refractivity contribution in [2.45, 2.75) is 122 Å². The molecule has 2 unspecified atom stereocenters. The van der Waals surface area contributed by atoms with E-state index in [-0.39, 0.29) is 14.2 Å². The summed E-state index contributed by atoms with van der Waals surface area (Å²) in [4.78, 5) is 48.6. The average molecular weight is 801 g/mol. The third kappa shape index (κ3) is 13.3. The summed E-state index contributed by atoms with van der Waals surface area (Å²) in [5.74, 6) is 5.50. The van der Waals surface area contributed by atoms with E-state index in [0.717, 1.165) is 84.8 Å². The number of aromatic nitrogens is 4. The fourth-order valence-electron chi connectivity index (χ4n) is 9.99. The molecule has 2 atom stereocenters. The lowest BCUT2D eigenvalue weighted by atomic mass is 9.56. The van der Waals surface area contributed by atoms with Crippen molar-refractivity contribution in [2.24, 2.45) is 23.2 Å². The molecule has 9 rings (SSSR count). The van der Waals surface area contributed by atoms with Crippen LogP contribution in [0, 0.1) is 23.2 Å². The second kappa shape index (κ2) is 22.7. The molecule has 0 spiro atoms. The highest BCUT2D eigenvalue weighted by Crippen LogP contribution is 2.58. The molecule has 4 aliphatic carbocycles. The predicted molar refractivity (Wildman–Crippen MR) is 236 cm³/mol. The number of Topliss-reactive ketones (excluding diaryl/α,β-unsaturated/α-hetero) is 1. The minimum Gasteiger partial charge on any atom is -0.368 e. The van der Waals surface area contributed by atoms with E-state index in [1.807, 2.05) is 50.4 Å². The van der Waals surface area contributed by atoms with Crippen LogP contribution in [0.3, 0.4) is 0 Å². The van der Waals surface area contributed by atoms with Gasteiger partial charge in [0.15, 0.2) is 5.16 Å². The second-order valence-corrected chi connectivity index (χ2v) is 17.7. The number of nitrogens with zero attached hydrogens (tertiary/aromatic N) is 6. The van der Waals surface area contributed by atoms with Gasteiger partial charge in [0.05, 0.1) is 11.6 Å². The first-order valence-electron chi connectivity index (χ1n) is 22.3. The third-order valence-corrected chi connectivity index (χ3v) is 13.5. The van der Waals surface area contributed by atoms with Crippen LogP contribution in [0.15, 0.2) is 60.0 Å². The Kier molecular flexibility index (Phi) is 17.2. The number of fused-ring (bicyclic) bond motifs is 1. The number of hydrogen-bond donors (Lipinski definition) is 2. The van der Waals surface area contributed by atoms with Gasteiger partial charge < -0.3 is 15.5 Å². The van der Waals surface area contributed by atoms with Crippen LogP contribution >= 0.6 is 11.8 Å². The zero-order chi connectivity index (χ0) is 39.7. The summed E-state index contributed by atoms with van der Waals surface area (Å²) < 4.78 is 0. The van der Waals surface area contributed by atoms with Crippen molar-refractivity contribution in [1.82, 2.24) is 35.1 Å². The van der Waals surface area contributed by atoms with Gasteiger partial charge in [-0.05, 0) is 139 Å². The van der Waals surface area contributed by atoms with Crippen LogP contribution in [0.1, 0.15) is 128 Å². The molecule has 57 heavy (non-hydrogen) atoms. The Morgan fingerprint density at radius 2 is 1.46 bits per heavy atom. The van der Waals surface area contributed by atoms with E-state index in [9.17, 15) is 9.59 Å². The topological polar surface area (TPSA) is 116 Å². The molecular weight excluding hydrogens is 729 g/mol. The number of rotatable bonds is 15. The molecule has 6 fully saturated rings. The highest BCUT2D eigenvalue weighted by molar-refractivity contribution is 7.99. The minimum atomic E-state index is -0.0622. The van der Waals surface area contributed by atoms with Crippen LogP contribution in [0.25, 0.3) is 0 Å². The van der Waals surface area contributed by atoms with Gasteiger partial charge in [-0.15, -0.1) is 0 Å².